The van der Waals surface area contributed by atoms with Crippen molar-refractivity contribution in [1.82, 2.24) is 9.78 Å². The molecule has 3 nitrogen and oxygen atoms in total. The molecular formula is C17H22N2O. The fourth-order valence-corrected chi connectivity index (χ4v) is 2.31. The predicted molar refractivity (Wildman–Crippen MR) is 81.2 cm³/mol. The molecule has 1 aromatic carbocycles. The molecule has 0 amide bonds. The number of hydrogen-bond acceptors (Lipinski definition) is 2. The summed E-state index contributed by atoms with van der Waals surface area (Å²) < 4.78 is 1.51. The number of hydrogen-bond donors (Lipinski definition) is 0. The van der Waals surface area contributed by atoms with Crippen molar-refractivity contribution in [3.05, 3.63) is 52.8 Å². The Labute approximate surface area is 120 Å². The Morgan fingerprint density at radius 3 is 2.35 bits per heavy atom. The van der Waals surface area contributed by atoms with E-state index in [1.165, 1.54) is 15.8 Å². The highest BCUT2D eigenvalue weighted by atomic mass is 16.2. The SMILES string of the molecule is Cc1cc(C)n(C(=O)CCc2ccc(C(C)C)cc2)n1. The third-order valence-corrected chi connectivity index (χ3v) is 3.52. The lowest BCUT2D eigenvalue weighted by Crippen LogP contribution is -2.14. The van der Waals surface area contributed by atoms with Crippen molar-refractivity contribution in [3.63, 3.8) is 0 Å². The molecule has 0 atom stereocenters. The van der Waals surface area contributed by atoms with Gasteiger partial charge < -0.3 is 0 Å². The molecule has 0 spiro atoms. The number of benzene rings is 1. The second-order valence-electron chi connectivity index (χ2n) is 5.63. The minimum Gasteiger partial charge on any atom is -0.273 e. The summed E-state index contributed by atoms with van der Waals surface area (Å²) in [5, 5.41) is 4.23. The van der Waals surface area contributed by atoms with Crippen LogP contribution in [0.3, 0.4) is 0 Å². The van der Waals surface area contributed by atoms with Crippen LogP contribution in [0, 0.1) is 13.8 Å². The van der Waals surface area contributed by atoms with Gasteiger partial charge >= 0.3 is 0 Å². The monoisotopic (exact) mass is 270 g/mol. The summed E-state index contributed by atoms with van der Waals surface area (Å²) in [6, 6.07) is 10.4. The Balaban J connectivity index is 1.98. The Hall–Kier alpha value is -1.90. The van der Waals surface area contributed by atoms with E-state index in [0.29, 0.717) is 12.3 Å². The molecule has 1 aromatic heterocycles. The van der Waals surface area contributed by atoms with Gasteiger partial charge in [0.05, 0.1) is 5.69 Å². The number of carbonyl (C=O) groups is 1. The van der Waals surface area contributed by atoms with Gasteiger partial charge in [-0.05, 0) is 43.4 Å². The van der Waals surface area contributed by atoms with Crippen LogP contribution in [-0.4, -0.2) is 15.7 Å². The van der Waals surface area contributed by atoms with Crippen LogP contribution in [0.1, 0.15) is 53.5 Å². The van der Waals surface area contributed by atoms with Crippen molar-refractivity contribution in [2.75, 3.05) is 0 Å². The van der Waals surface area contributed by atoms with E-state index < -0.39 is 0 Å². The maximum atomic E-state index is 12.1. The number of nitrogens with zero attached hydrogens (tertiary/aromatic N) is 2. The molecule has 0 saturated carbocycles. The molecule has 0 aliphatic carbocycles. The fraction of sp³-hybridized carbons (Fsp3) is 0.412. The van der Waals surface area contributed by atoms with E-state index in [1.54, 1.807) is 0 Å². The highest BCUT2D eigenvalue weighted by Crippen LogP contribution is 2.15. The van der Waals surface area contributed by atoms with E-state index in [1.807, 2.05) is 19.9 Å². The second kappa shape index (κ2) is 6.04. The molecule has 0 bridgehead atoms. The average molecular weight is 270 g/mol. The maximum Gasteiger partial charge on any atom is 0.247 e. The maximum absolute atomic E-state index is 12.1. The van der Waals surface area contributed by atoms with Gasteiger partial charge in [0.2, 0.25) is 5.91 Å². The smallest absolute Gasteiger partial charge is 0.247 e. The molecule has 20 heavy (non-hydrogen) atoms. The molecule has 0 fully saturated rings. The van der Waals surface area contributed by atoms with E-state index in [4.69, 9.17) is 0 Å². The van der Waals surface area contributed by atoms with E-state index in [-0.39, 0.29) is 5.91 Å². The molecule has 1 heterocycles. The van der Waals surface area contributed by atoms with E-state index in [9.17, 15) is 4.79 Å². The van der Waals surface area contributed by atoms with Crippen LogP contribution in [-0.2, 0) is 6.42 Å². The molecule has 0 aliphatic rings. The molecule has 2 aromatic rings. The molecule has 0 saturated heterocycles. The van der Waals surface area contributed by atoms with Gasteiger partial charge in [-0.15, -0.1) is 0 Å². The first-order valence-corrected chi connectivity index (χ1v) is 7.12. The van der Waals surface area contributed by atoms with Crippen molar-refractivity contribution < 1.29 is 4.79 Å². The minimum atomic E-state index is 0.0588. The topological polar surface area (TPSA) is 34.9 Å². The van der Waals surface area contributed by atoms with Gasteiger partial charge in [0.15, 0.2) is 0 Å². The largest absolute Gasteiger partial charge is 0.273 e. The molecule has 0 unspecified atom stereocenters. The zero-order valence-corrected chi connectivity index (χ0v) is 12.7. The molecular weight excluding hydrogens is 248 g/mol. The first-order valence-electron chi connectivity index (χ1n) is 7.12. The lowest BCUT2D eigenvalue weighted by molar-refractivity contribution is 0.0884. The third kappa shape index (κ3) is 3.35. The van der Waals surface area contributed by atoms with Gasteiger partial charge in [-0.2, -0.15) is 5.10 Å². The Morgan fingerprint density at radius 1 is 1.20 bits per heavy atom. The van der Waals surface area contributed by atoms with Gasteiger partial charge in [0.25, 0.3) is 0 Å². The third-order valence-electron chi connectivity index (χ3n) is 3.52. The van der Waals surface area contributed by atoms with Gasteiger partial charge in [-0.1, -0.05) is 38.1 Å². The van der Waals surface area contributed by atoms with Crippen molar-refractivity contribution in [3.8, 4) is 0 Å². The van der Waals surface area contributed by atoms with Crippen LogP contribution in [0.15, 0.2) is 30.3 Å². The van der Waals surface area contributed by atoms with Crippen LogP contribution in [0.4, 0.5) is 0 Å². The molecule has 3 heteroatoms. The highest BCUT2D eigenvalue weighted by Gasteiger charge is 2.10. The Kier molecular flexibility index (Phi) is 4.38. The van der Waals surface area contributed by atoms with E-state index >= 15 is 0 Å². The summed E-state index contributed by atoms with van der Waals surface area (Å²) >= 11 is 0. The predicted octanol–water partition coefficient (Wildman–Crippen LogP) is 3.90. The molecule has 0 radical (unpaired) electrons. The van der Waals surface area contributed by atoms with Gasteiger partial charge in [-0.25, -0.2) is 4.68 Å². The first kappa shape index (κ1) is 14.5. The Bertz CT molecular complexity index is 594. The van der Waals surface area contributed by atoms with Crippen LogP contribution < -0.4 is 0 Å². The summed E-state index contributed by atoms with van der Waals surface area (Å²) in [7, 11) is 0. The van der Waals surface area contributed by atoms with Crippen molar-refractivity contribution in [1.29, 1.82) is 0 Å². The van der Waals surface area contributed by atoms with Crippen LogP contribution in [0.25, 0.3) is 0 Å². The van der Waals surface area contributed by atoms with Crippen molar-refractivity contribution in [2.45, 2.75) is 46.5 Å². The normalized spacial score (nSPS) is 11.1. The van der Waals surface area contributed by atoms with Crippen molar-refractivity contribution >= 4 is 5.91 Å². The summed E-state index contributed by atoms with van der Waals surface area (Å²) in [6.07, 6.45) is 1.25. The zero-order valence-electron chi connectivity index (χ0n) is 12.7. The Morgan fingerprint density at radius 2 is 1.85 bits per heavy atom. The van der Waals surface area contributed by atoms with E-state index in [2.05, 4.69) is 43.2 Å². The fourth-order valence-electron chi connectivity index (χ4n) is 2.31. The van der Waals surface area contributed by atoms with Crippen molar-refractivity contribution in [2.24, 2.45) is 0 Å². The quantitative estimate of drug-likeness (QED) is 0.844. The molecule has 0 aliphatic heterocycles. The number of aromatic nitrogens is 2. The van der Waals surface area contributed by atoms with E-state index in [0.717, 1.165) is 17.8 Å². The summed E-state index contributed by atoms with van der Waals surface area (Å²) in [6.45, 7) is 8.18. The van der Waals surface area contributed by atoms with Crippen LogP contribution in [0.2, 0.25) is 0 Å². The summed E-state index contributed by atoms with van der Waals surface area (Å²) in [5.41, 5.74) is 4.32. The standard InChI is InChI=1S/C17H22N2O/c1-12(2)16-8-5-15(6-9-16)7-10-17(20)19-14(4)11-13(3)18-19/h5-6,8-9,11-12H,7,10H2,1-4H3. The van der Waals surface area contributed by atoms with Crippen LogP contribution >= 0.6 is 0 Å². The lowest BCUT2D eigenvalue weighted by Gasteiger charge is -2.07. The zero-order chi connectivity index (χ0) is 14.7. The molecule has 106 valence electrons. The number of carbonyl (C=O) groups excluding carboxylic acids is 1. The molecule has 2 rings (SSSR count). The summed E-state index contributed by atoms with van der Waals surface area (Å²) in [4.78, 5) is 12.1. The lowest BCUT2D eigenvalue weighted by atomic mass is 10.0. The molecule has 0 N–H and O–H groups in total. The first-order chi connectivity index (χ1) is 9.47. The average Bonchev–Trinajstić information content (AvgIpc) is 2.75. The number of aryl methyl sites for hydroxylation is 3. The van der Waals surface area contributed by atoms with Crippen LogP contribution in [0.5, 0.6) is 0 Å². The van der Waals surface area contributed by atoms with Gasteiger partial charge in [-0.3, -0.25) is 4.79 Å². The van der Waals surface area contributed by atoms with Gasteiger partial charge in [0.1, 0.15) is 0 Å². The second-order valence-corrected chi connectivity index (χ2v) is 5.63. The summed E-state index contributed by atoms with van der Waals surface area (Å²) in [5.74, 6) is 0.601. The minimum absolute atomic E-state index is 0.0588. The highest BCUT2D eigenvalue weighted by molar-refractivity contribution is 5.78. The van der Waals surface area contributed by atoms with Gasteiger partial charge in [0, 0.05) is 12.1 Å². The number of rotatable bonds is 4.